The minimum absolute atomic E-state index is 0.0467. The second kappa shape index (κ2) is 31.7. The summed E-state index contributed by atoms with van der Waals surface area (Å²) in [6.45, 7) is 14.7. The van der Waals surface area contributed by atoms with Crippen molar-refractivity contribution in [2.75, 3.05) is 113 Å². The van der Waals surface area contributed by atoms with Gasteiger partial charge in [-0.15, -0.1) is 0 Å². The van der Waals surface area contributed by atoms with Crippen LogP contribution in [0.2, 0.25) is 0 Å². The highest BCUT2D eigenvalue weighted by Crippen LogP contribution is 2.46. The van der Waals surface area contributed by atoms with Crippen LogP contribution in [-0.2, 0) is 7.05 Å². The Hall–Kier alpha value is -15.3. The number of anilines is 12. The molecule has 4 fully saturated rings. The number of pyridine rings is 8. The molecule has 22 rings (SSSR count). The molecule has 8 aliphatic rings. The van der Waals surface area contributed by atoms with Gasteiger partial charge >= 0.3 is 24.1 Å². The van der Waals surface area contributed by atoms with Crippen LogP contribution in [-0.4, -0.2) is 190 Å². The number of urea groups is 4. The first kappa shape index (κ1) is 74.8. The molecule has 8 bridgehead atoms. The number of carbonyl (C=O) groups excluding carboxylic acids is 4. The number of aryl methyl sites for hydroxylation is 5. The van der Waals surface area contributed by atoms with Gasteiger partial charge in [-0.3, -0.25) is 70.1 Å². The van der Waals surface area contributed by atoms with Crippen LogP contribution < -0.4 is 60.5 Å². The molecule has 8 aliphatic heterocycles. The Labute approximate surface area is 688 Å². The lowest BCUT2D eigenvalue weighted by Gasteiger charge is -2.36. The first-order valence-corrected chi connectivity index (χ1v) is 39.6. The summed E-state index contributed by atoms with van der Waals surface area (Å²) in [7, 11) is 1.87. The molecule has 4 N–H and O–H groups in total. The van der Waals surface area contributed by atoms with E-state index in [-0.39, 0.29) is 48.3 Å². The average Bonchev–Trinajstić information content (AvgIpc) is 1.58. The van der Waals surface area contributed by atoms with Crippen molar-refractivity contribution in [3.8, 4) is 45.0 Å². The van der Waals surface area contributed by atoms with Crippen LogP contribution in [0.15, 0.2) is 202 Å². The van der Waals surface area contributed by atoms with Gasteiger partial charge in [0.2, 0.25) is 0 Å². The summed E-state index contributed by atoms with van der Waals surface area (Å²) in [6, 6.07) is 34.9. The molecule has 34 heteroatoms. The van der Waals surface area contributed by atoms with E-state index in [0.717, 1.165) is 185 Å². The zero-order chi connectivity index (χ0) is 81.6. The predicted octanol–water partition coefficient (Wildman–Crippen LogP) is 12.5. The van der Waals surface area contributed by atoms with Gasteiger partial charge in [-0.05, 0) is 162 Å². The summed E-state index contributed by atoms with van der Waals surface area (Å²) in [5.41, 5.74) is 17.4. The van der Waals surface area contributed by atoms with Crippen LogP contribution >= 0.6 is 0 Å². The first-order chi connectivity index (χ1) is 58.6. The van der Waals surface area contributed by atoms with Crippen molar-refractivity contribution >= 4 is 115 Å². The van der Waals surface area contributed by atoms with Crippen molar-refractivity contribution in [1.29, 1.82) is 0 Å². The second-order valence-electron chi connectivity index (χ2n) is 30.4. The minimum Gasteiger partial charge on any atom is -0.366 e. The zero-order valence-corrected chi connectivity index (χ0v) is 66.1. The van der Waals surface area contributed by atoms with Gasteiger partial charge in [0.15, 0.2) is 40.7 Å². The van der Waals surface area contributed by atoms with Gasteiger partial charge in [0.25, 0.3) is 0 Å². The topological polar surface area (TPSA) is 366 Å². The predicted molar refractivity (Wildman–Crippen MR) is 457 cm³/mol. The van der Waals surface area contributed by atoms with Gasteiger partial charge in [0.05, 0.1) is 111 Å². The summed E-state index contributed by atoms with van der Waals surface area (Å²) in [5.74, 6) is 3.95. The van der Waals surface area contributed by atoms with Gasteiger partial charge < -0.3 is 24.9 Å². The largest absolute Gasteiger partial charge is 0.366 e. The molecule has 0 radical (unpaired) electrons. The molecular formula is C86H80N30O4. The fraction of sp³-hybridized carbons (Fsp3) is 0.244. The van der Waals surface area contributed by atoms with E-state index in [0.29, 0.717) is 51.8 Å². The van der Waals surface area contributed by atoms with E-state index in [2.05, 4.69) is 118 Å². The van der Waals surface area contributed by atoms with Crippen molar-refractivity contribution in [1.82, 2.24) is 89.8 Å². The number of amides is 8. The zero-order valence-electron chi connectivity index (χ0n) is 66.1. The maximum absolute atomic E-state index is 13.7. The fourth-order valence-corrected chi connectivity index (χ4v) is 16.9. The third-order valence-electron chi connectivity index (χ3n) is 22.4. The molecule has 13 aromatic heterocycles. The molecule has 34 nitrogen and oxygen atoms in total. The van der Waals surface area contributed by atoms with E-state index in [1.54, 1.807) is 93.6 Å². The lowest BCUT2D eigenvalue weighted by atomic mass is 10.1. The fourth-order valence-electron chi connectivity index (χ4n) is 16.9. The van der Waals surface area contributed by atoms with Gasteiger partial charge in [-0.1, -0.05) is 6.07 Å². The highest BCUT2D eigenvalue weighted by molar-refractivity contribution is 6.10. The Morgan fingerprint density at radius 3 is 1.32 bits per heavy atom. The molecule has 1 aromatic carbocycles. The van der Waals surface area contributed by atoms with Gasteiger partial charge in [0, 0.05) is 173 Å². The van der Waals surface area contributed by atoms with E-state index >= 15 is 0 Å². The van der Waals surface area contributed by atoms with E-state index < -0.39 is 0 Å². The Morgan fingerprint density at radius 1 is 0.375 bits per heavy atom. The molecule has 0 spiro atoms. The summed E-state index contributed by atoms with van der Waals surface area (Å²) < 4.78 is 1.74. The Balaban J connectivity index is 0.000000106. The van der Waals surface area contributed by atoms with Crippen LogP contribution in [0.5, 0.6) is 0 Å². The molecule has 4 atom stereocenters. The standard InChI is InChI=1S/C25H23N7O.C23H20N8O.C20H19N7O.C18H18N8O/c1-15-12-17(8-10-26-15)20-6-7-23-24(27-20)32(18-9-11-31(23)14-18)25(33)28-21-4-3-5-22-19(21)13-16(2)29-30-22;1-14-12-15(4-7-24-14)17-2-3-19-22(28-17)31(16-6-11-30(19)13-16)23(32)29-21-20-18(5-8-27-21)25-9-10-26-20;1-13-8-14(10-22-9-13)16-2-3-17-19(24-16)27(15-4-7-26(17)12-15)20(28)25-18-11-21-5-6-23-18;1-24-10-12(8-21-24)14-2-3-15-17(22-14)26(13-4-7-25(15)11-13)18(27)23-16-9-19-5-6-20-16/h3-8,10,12-13,18H,9,11,14H2,1-2H3,(H,28,33);2-5,7-10,12,16H,6,11,13H2,1H3,(H,27,29,32);2-3,5-6,8-11,15H,4,7,12H2,1H3,(H,23,25,28);2-3,5-6,8-10,13H,4,7,11H2,1H3,(H,20,23,27)/t18-;16-;15-;13-/m0000/s1. The monoisotopic (exact) mass is 1600 g/mol. The molecule has 8 amide bonds. The van der Waals surface area contributed by atoms with Gasteiger partial charge in [-0.2, -0.15) is 15.3 Å². The van der Waals surface area contributed by atoms with Crippen molar-refractivity contribution in [2.45, 2.75) is 77.5 Å². The third-order valence-corrected chi connectivity index (χ3v) is 22.4. The molecule has 14 aromatic rings. The van der Waals surface area contributed by atoms with Crippen molar-refractivity contribution in [2.24, 2.45) is 7.05 Å². The molecule has 0 unspecified atom stereocenters. The van der Waals surface area contributed by atoms with Crippen LogP contribution in [0.25, 0.3) is 67.0 Å². The number of nitrogens with one attached hydrogen (secondary N) is 4. The van der Waals surface area contributed by atoms with E-state index in [9.17, 15) is 19.2 Å². The Morgan fingerprint density at radius 2 is 0.842 bits per heavy atom. The molecule has 21 heterocycles. The Kier molecular flexibility index (Phi) is 19.8. The molecule has 4 saturated heterocycles. The summed E-state index contributed by atoms with van der Waals surface area (Å²) in [6.07, 6.45) is 28.6. The summed E-state index contributed by atoms with van der Waals surface area (Å²) in [5, 5.41) is 25.2. The normalized spacial score (nSPS) is 17.1. The van der Waals surface area contributed by atoms with E-state index in [4.69, 9.17) is 19.9 Å². The first-order valence-electron chi connectivity index (χ1n) is 39.6. The maximum atomic E-state index is 13.7. The minimum atomic E-state index is -0.265. The van der Waals surface area contributed by atoms with Crippen LogP contribution in [0.1, 0.15) is 48.3 Å². The molecule has 120 heavy (non-hydrogen) atoms. The second-order valence-corrected chi connectivity index (χ2v) is 30.4. The number of fused-ring (bicyclic) bond motifs is 18. The summed E-state index contributed by atoms with van der Waals surface area (Å²) in [4.78, 5) is 131. The van der Waals surface area contributed by atoms with Crippen molar-refractivity contribution in [3.63, 3.8) is 0 Å². The van der Waals surface area contributed by atoms with Crippen molar-refractivity contribution < 1.29 is 19.2 Å². The number of nitrogens with zero attached hydrogens (tertiary/aromatic N) is 26. The average molecular weight is 1600 g/mol. The third kappa shape index (κ3) is 14.8. The highest BCUT2D eigenvalue weighted by Gasteiger charge is 2.45. The number of rotatable bonds is 8. The van der Waals surface area contributed by atoms with E-state index in [1.807, 2.05) is 143 Å². The maximum Gasteiger partial charge on any atom is 0.329 e. The Bertz CT molecular complexity index is 6300. The number of hydrogen-bond acceptors (Lipinski definition) is 25. The smallest absolute Gasteiger partial charge is 0.329 e. The number of hydrogen-bond donors (Lipinski definition) is 4. The molecule has 0 aliphatic carbocycles. The SMILES string of the molecule is Cc1cc(-c2ccc3c(n2)N(C(=O)Nc2cccc4nnc(C)cc24)[C@H]2CCN3C2)ccn1.Cc1cc(-c2ccc3c(n2)N(C(=O)Nc2nccc4nccnc24)[C@H]2CCN3C2)ccn1.Cc1cncc(-c2ccc3c(n2)N(C(=O)Nc2cnccn2)[C@H]2CCN3C2)c1.Cn1cc(-c2ccc3c(n2)N(C(=O)Nc2cnccn2)[C@H]2CCN3C2)cn1. The lowest BCUT2D eigenvalue weighted by Crippen LogP contribution is -2.48. The van der Waals surface area contributed by atoms with Gasteiger partial charge in [-0.25, -0.2) is 59.0 Å². The van der Waals surface area contributed by atoms with Crippen LogP contribution in [0, 0.1) is 27.7 Å². The molecule has 0 saturated carbocycles. The van der Waals surface area contributed by atoms with Gasteiger partial charge in [0.1, 0.15) is 5.52 Å². The lowest BCUT2D eigenvalue weighted by molar-refractivity contribution is 0.254. The number of aromatic nitrogens is 18. The number of benzene rings is 1. The summed E-state index contributed by atoms with van der Waals surface area (Å²) >= 11 is 0. The van der Waals surface area contributed by atoms with Crippen LogP contribution in [0.4, 0.5) is 88.3 Å². The molecular weight excluding hydrogens is 1520 g/mol. The van der Waals surface area contributed by atoms with Crippen molar-refractivity contribution in [3.05, 3.63) is 225 Å². The van der Waals surface area contributed by atoms with E-state index in [1.165, 1.54) is 12.4 Å². The highest BCUT2D eigenvalue weighted by atomic mass is 16.2. The van der Waals surface area contributed by atoms with Crippen LogP contribution in [0.3, 0.4) is 0 Å². The quantitative estimate of drug-likeness (QED) is 0.110. The molecule has 598 valence electrons. The number of carbonyl (C=O) groups is 4.